The number of nitrogens with zero attached hydrogens (tertiary/aromatic N) is 5. The predicted molar refractivity (Wildman–Crippen MR) is 96.0 cm³/mol. The highest BCUT2D eigenvalue weighted by Gasteiger charge is 2.31. The maximum absolute atomic E-state index is 13.3. The third-order valence-electron chi connectivity index (χ3n) is 4.67. The summed E-state index contributed by atoms with van der Waals surface area (Å²) in [6, 6.07) is 7.31. The maximum atomic E-state index is 13.3. The highest BCUT2D eigenvalue weighted by atomic mass is 16.5. The molecule has 0 N–H and O–H groups in total. The minimum Gasteiger partial charge on any atom is -0.477 e. The van der Waals surface area contributed by atoms with E-state index in [1.165, 1.54) is 0 Å². The van der Waals surface area contributed by atoms with Crippen molar-refractivity contribution in [2.75, 3.05) is 13.2 Å². The second-order valence-electron chi connectivity index (χ2n) is 6.29. The Morgan fingerprint density at radius 3 is 3.08 bits per heavy atom. The summed E-state index contributed by atoms with van der Waals surface area (Å²) in [6.45, 7) is 3.06. The molecule has 0 saturated carbocycles. The monoisotopic (exact) mass is 351 g/mol. The van der Waals surface area contributed by atoms with Crippen LogP contribution in [0.25, 0.3) is 5.65 Å². The van der Waals surface area contributed by atoms with E-state index >= 15 is 0 Å². The summed E-state index contributed by atoms with van der Waals surface area (Å²) in [6.07, 6.45) is 8.22. The molecule has 3 aromatic heterocycles. The van der Waals surface area contributed by atoms with Crippen LogP contribution in [0, 0.1) is 0 Å². The second kappa shape index (κ2) is 7.11. The first-order valence-corrected chi connectivity index (χ1v) is 8.97. The molecular formula is C19H21N5O2. The summed E-state index contributed by atoms with van der Waals surface area (Å²) in [5.41, 5.74) is 2.19. The Labute approximate surface area is 151 Å². The SMILES string of the molecule is CCOc1ncccc1C(=O)N1CCCCC1c1ccn2nccc2n1. The Morgan fingerprint density at radius 1 is 1.27 bits per heavy atom. The summed E-state index contributed by atoms with van der Waals surface area (Å²) in [4.78, 5) is 24.1. The molecule has 0 bridgehead atoms. The highest BCUT2D eigenvalue weighted by molar-refractivity contribution is 5.96. The van der Waals surface area contributed by atoms with Crippen molar-refractivity contribution in [1.82, 2.24) is 24.5 Å². The molecule has 0 spiro atoms. The number of rotatable bonds is 4. The summed E-state index contributed by atoms with van der Waals surface area (Å²) in [7, 11) is 0. The van der Waals surface area contributed by atoms with Gasteiger partial charge >= 0.3 is 0 Å². The average molecular weight is 351 g/mol. The number of carbonyl (C=O) groups excluding carboxylic acids is 1. The molecule has 1 aliphatic rings. The lowest BCUT2D eigenvalue weighted by Crippen LogP contribution is -2.39. The summed E-state index contributed by atoms with van der Waals surface area (Å²) in [5, 5.41) is 4.19. The van der Waals surface area contributed by atoms with Crippen LogP contribution in [0.1, 0.15) is 48.3 Å². The third kappa shape index (κ3) is 3.00. The van der Waals surface area contributed by atoms with E-state index in [9.17, 15) is 4.79 Å². The van der Waals surface area contributed by atoms with Gasteiger partial charge in [-0.05, 0) is 44.4 Å². The van der Waals surface area contributed by atoms with Crippen molar-refractivity contribution in [2.24, 2.45) is 0 Å². The molecule has 4 heterocycles. The van der Waals surface area contributed by atoms with Gasteiger partial charge in [0.25, 0.3) is 5.91 Å². The zero-order chi connectivity index (χ0) is 17.9. The van der Waals surface area contributed by atoms with Crippen molar-refractivity contribution in [3.8, 4) is 5.88 Å². The van der Waals surface area contributed by atoms with Gasteiger partial charge in [-0.2, -0.15) is 5.10 Å². The summed E-state index contributed by atoms with van der Waals surface area (Å²) >= 11 is 0. The van der Waals surface area contributed by atoms with Gasteiger partial charge in [0.1, 0.15) is 5.56 Å². The van der Waals surface area contributed by atoms with Gasteiger partial charge < -0.3 is 9.64 Å². The van der Waals surface area contributed by atoms with Gasteiger partial charge in [0.15, 0.2) is 5.65 Å². The smallest absolute Gasteiger partial charge is 0.259 e. The average Bonchev–Trinajstić information content (AvgIpc) is 3.16. The number of amides is 1. The molecule has 1 saturated heterocycles. The van der Waals surface area contributed by atoms with Crippen LogP contribution in [-0.2, 0) is 0 Å². The molecule has 134 valence electrons. The largest absolute Gasteiger partial charge is 0.477 e. The number of aromatic nitrogens is 4. The Balaban J connectivity index is 1.68. The van der Waals surface area contributed by atoms with E-state index < -0.39 is 0 Å². The molecule has 26 heavy (non-hydrogen) atoms. The first kappa shape index (κ1) is 16.5. The fourth-order valence-electron chi connectivity index (χ4n) is 3.45. The fraction of sp³-hybridized carbons (Fsp3) is 0.368. The number of pyridine rings is 1. The number of carbonyl (C=O) groups is 1. The van der Waals surface area contributed by atoms with Gasteiger partial charge in [0.2, 0.25) is 5.88 Å². The molecule has 7 nitrogen and oxygen atoms in total. The molecule has 1 fully saturated rings. The van der Waals surface area contributed by atoms with Gasteiger partial charge in [-0.15, -0.1) is 0 Å². The van der Waals surface area contributed by atoms with Gasteiger partial charge in [-0.25, -0.2) is 14.5 Å². The lowest BCUT2D eigenvalue weighted by Gasteiger charge is -2.35. The molecule has 3 aromatic rings. The maximum Gasteiger partial charge on any atom is 0.259 e. The molecule has 1 unspecified atom stereocenters. The Hall–Kier alpha value is -2.96. The summed E-state index contributed by atoms with van der Waals surface area (Å²) < 4.78 is 7.28. The zero-order valence-corrected chi connectivity index (χ0v) is 14.7. The molecular weight excluding hydrogens is 330 g/mol. The van der Waals surface area contributed by atoms with Crippen molar-refractivity contribution in [3.63, 3.8) is 0 Å². The van der Waals surface area contributed by atoms with Gasteiger partial charge in [-0.1, -0.05) is 0 Å². The zero-order valence-electron chi connectivity index (χ0n) is 14.7. The van der Waals surface area contributed by atoms with E-state index in [0.29, 0.717) is 24.6 Å². The van der Waals surface area contributed by atoms with Crippen molar-refractivity contribution >= 4 is 11.6 Å². The molecule has 0 aliphatic carbocycles. The van der Waals surface area contributed by atoms with Crippen LogP contribution < -0.4 is 4.74 Å². The normalized spacial score (nSPS) is 17.4. The van der Waals surface area contributed by atoms with Crippen LogP contribution in [0.15, 0.2) is 42.9 Å². The van der Waals surface area contributed by atoms with Crippen LogP contribution in [0.3, 0.4) is 0 Å². The molecule has 0 aromatic carbocycles. The molecule has 4 rings (SSSR count). The minimum absolute atomic E-state index is 0.0502. The first-order valence-electron chi connectivity index (χ1n) is 8.97. The Morgan fingerprint density at radius 2 is 2.19 bits per heavy atom. The van der Waals surface area contributed by atoms with Crippen LogP contribution in [-0.4, -0.2) is 43.5 Å². The Bertz CT molecular complexity index is 923. The number of hydrogen-bond donors (Lipinski definition) is 0. The number of piperidine rings is 1. The van der Waals surface area contributed by atoms with E-state index in [1.54, 1.807) is 29.0 Å². The van der Waals surface area contributed by atoms with E-state index in [-0.39, 0.29) is 11.9 Å². The van der Waals surface area contributed by atoms with E-state index in [0.717, 1.165) is 30.6 Å². The van der Waals surface area contributed by atoms with Crippen molar-refractivity contribution in [3.05, 3.63) is 54.1 Å². The third-order valence-corrected chi connectivity index (χ3v) is 4.67. The molecule has 7 heteroatoms. The topological polar surface area (TPSA) is 72.6 Å². The van der Waals surface area contributed by atoms with Crippen LogP contribution in [0.5, 0.6) is 5.88 Å². The van der Waals surface area contributed by atoms with E-state index in [2.05, 4.69) is 10.1 Å². The molecule has 1 atom stereocenters. The van der Waals surface area contributed by atoms with Crippen LogP contribution in [0.4, 0.5) is 0 Å². The quantitative estimate of drug-likeness (QED) is 0.723. The van der Waals surface area contributed by atoms with E-state index in [1.807, 2.05) is 30.2 Å². The van der Waals surface area contributed by atoms with Gasteiger partial charge in [0, 0.05) is 25.0 Å². The molecule has 0 radical (unpaired) electrons. The fourth-order valence-corrected chi connectivity index (χ4v) is 3.45. The van der Waals surface area contributed by atoms with Crippen LogP contribution >= 0.6 is 0 Å². The number of hydrogen-bond acceptors (Lipinski definition) is 5. The first-order chi connectivity index (χ1) is 12.8. The summed E-state index contributed by atoms with van der Waals surface area (Å²) in [5.74, 6) is 0.338. The van der Waals surface area contributed by atoms with Crippen molar-refractivity contribution in [2.45, 2.75) is 32.2 Å². The predicted octanol–water partition coefficient (Wildman–Crippen LogP) is 2.89. The van der Waals surface area contributed by atoms with Gasteiger partial charge in [-0.3, -0.25) is 4.79 Å². The molecule has 1 amide bonds. The highest BCUT2D eigenvalue weighted by Crippen LogP contribution is 2.32. The number of likely N-dealkylation sites (tertiary alicyclic amines) is 1. The van der Waals surface area contributed by atoms with Crippen molar-refractivity contribution in [1.29, 1.82) is 0 Å². The second-order valence-corrected chi connectivity index (χ2v) is 6.29. The lowest BCUT2D eigenvalue weighted by atomic mass is 9.98. The number of ether oxygens (including phenoxy) is 1. The Kier molecular flexibility index (Phi) is 4.51. The standard InChI is InChI=1S/C19H21N5O2/c1-2-26-18-14(6-5-10-20-18)19(25)23-12-4-3-7-16(23)15-9-13-24-17(22-15)8-11-21-24/h5-6,8-11,13,16H,2-4,7,12H2,1H3. The van der Waals surface area contributed by atoms with Gasteiger partial charge in [0.05, 0.1) is 24.5 Å². The minimum atomic E-state index is -0.0542. The van der Waals surface area contributed by atoms with Crippen LogP contribution in [0.2, 0.25) is 0 Å². The number of fused-ring (bicyclic) bond motifs is 1. The molecule has 1 aliphatic heterocycles. The lowest BCUT2D eigenvalue weighted by molar-refractivity contribution is 0.0601. The van der Waals surface area contributed by atoms with E-state index in [4.69, 9.17) is 9.72 Å². The van der Waals surface area contributed by atoms with Crippen molar-refractivity contribution < 1.29 is 9.53 Å².